The molecule has 1 atom stereocenters. The average molecular weight is 377 g/mol. The first-order chi connectivity index (χ1) is 13.6. The molecule has 5 heteroatoms. The van der Waals surface area contributed by atoms with Gasteiger partial charge in [-0.1, -0.05) is 36.4 Å². The van der Waals surface area contributed by atoms with E-state index in [1.165, 1.54) is 5.56 Å². The average Bonchev–Trinajstić information content (AvgIpc) is 3.28. The third-order valence-electron chi connectivity index (χ3n) is 5.77. The first-order valence-electron chi connectivity index (χ1n) is 10.1. The van der Waals surface area contributed by atoms with E-state index < -0.39 is 6.04 Å². The summed E-state index contributed by atoms with van der Waals surface area (Å²) in [5.74, 6) is 0.0163. The molecule has 2 saturated heterocycles. The lowest BCUT2D eigenvalue weighted by molar-refractivity contribution is -0.135. The molecule has 0 aromatic heterocycles. The lowest BCUT2D eigenvalue weighted by atomic mass is 9.98. The second-order valence-electron chi connectivity index (χ2n) is 7.65. The maximum Gasteiger partial charge on any atom is 0.254 e. The van der Waals surface area contributed by atoms with Gasteiger partial charge in [0, 0.05) is 38.3 Å². The molecule has 0 radical (unpaired) electrons. The Bertz CT molecular complexity index is 874. The summed E-state index contributed by atoms with van der Waals surface area (Å²) < 4.78 is 0. The molecule has 0 bridgehead atoms. The maximum absolute atomic E-state index is 13.3. The Labute approximate surface area is 166 Å². The van der Waals surface area contributed by atoms with Crippen LogP contribution in [0, 0.1) is 6.92 Å². The first kappa shape index (κ1) is 18.7. The highest BCUT2D eigenvalue weighted by Crippen LogP contribution is 2.25. The van der Waals surface area contributed by atoms with Gasteiger partial charge in [0.2, 0.25) is 5.91 Å². The first-order valence-corrected chi connectivity index (χ1v) is 10.1. The van der Waals surface area contributed by atoms with Crippen LogP contribution in [-0.2, 0) is 4.79 Å². The second kappa shape index (κ2) is 8.15. The molecule has 4 rings (SSSR count). The predicted octanol–water partition coefficient (Wildman–Crippen LogP) is 2.70. The van der Waals surface area contributed by atoms with E-state index in [9.17, 15) is 9.59 Å². The Balaban J connectivity index is 1.59. The van der Waals surface area contributed by atoms with Gasteiger partial charge in [-0.2, -0.15) is 0 Å². The largest absolute Gasteiger partial charge is 0.341 e. The summed E-state index contributed by atoms with van der Waals surface area (Å²) in [5, 5.41) is 3.28. The number of nitrogens with one attached hydrogen (secondary N) is 1. The number of benzene rings is 2. The number of amides is 2. The highest BCUT2D eigenvalue weighted by molar-refractivity contribution is 5.98. The molecule has 5 nitrogen and oxygen atoms in total. The Morgan fingerprint density at radius 3 is 2.57 bits per heavy atom. The molecule has 2 amide bonds. The number of piperazine rings is 1. The molecule has 2 aliphatic rings. The van der Waals surface area contributed by atoms with Gasteiger partial charge in [-0.25, -0.2) is 0 Å². The van der Waals surface area contributed by atoms with E-state index >= 15 is 0 Å². The lowest BCUT2D eigenvalue weighted by Crippen LogP contribution is -2.59. The van der Waals surface area contributed by atoms with E-state index in [4.69, 9.17) is 0 Å². The van der Waals surface area contributed by atoms with Crippen molar-refractivity contribution in [3.63, 3.8) is 0 Å². The van der Waals surface area contributed by atoms with E-state index in [1.807, 2.05) is 41.3 Å². The van der Waals surface area contributed by atoms with Crippen LogP contribution in [0.1, 0.15) is 28.8 Å². The number of hydrogen-bond acceptors (Lipinski definition) is 3. The highest BCUT2D eigenvalue weighted by Gasteiger charge is 2.35. The van der Waals surface area contributed by atoms with Crippen LogP contribution in [0.5, 0.6) is 0 Å². The van der Waals surface area contributed by atoms with Crippen molar-refractivity contribution < 1.29 is 9.59 Å². The van der Waals surface area contributed by atoms with Crippen LogP contribution in [-0.4, -0.2) is 60.4 Å². The highest BCUT2D eigenvalue weighted by atomic mass is 16.2. The Morgan fingerprint density at radius 1 is 1.00 bits per heavy atom. The number of carbonyl (C=O) groups is 2. The molecule has 2 aromatic rings. The quantitative estimate of drug-likeness (QED) is 0.895. The number of rotatable bonds is 3. The van der Waals surface area contributed by atoms with Gasteiger partial charge in [-0.15, -0.1) is 0 Å². The molecular formula is C23H27N3O2. The third-order valence-corrected chi connectivity index (χ3v) is 5.77. The summed E-state index contributed by atoms with van der Waals surface area (Å²) in [6, 6.07) is 15.5. The fourth-order valence-corrected chi connectivity index (χ4v) is 4.20. The Morgan fingerprint density at radius 2 is 1.79 bits per heavy atom. The molecule has 0 saturated carbocycles. The third kappa shape index (κ3) is 3.67. The molecule has 0 aliphatic carbocycles. The molecule has 146 valence electrons. The molecule has 2 aromatic carbocycles. The topological polar surface area (TPSA) is 52.7 Å². The zero-order chi connectivity index (χ0) is 19.5. The molecule has 2 heterocycles. The maximum atomic E-state index is 13.3. The van der Waals surface area contributed by atoms with E-state index in [1.54, 1.807) is 4.90 Å². The van der Waals surface area contributed by atoms with Crippen molar-refractivity contribution in [2.24, 2.45) is 0 Å². The minimum absolute atomic E-state index is 0.0607. The molecule has 2 fully saturated rings. The number of likely N-dealkylation sites (tertiary alicyclic amines) is 1. The summed E-state index contributed by atoms with van der Waals surface area (Å²) in [7, 11) is 0. The van der Waals surface area contributed by atoms with Crippen molar-refractivity contribution >= 4 is 11.8 Å². The number of aryl methyl sites for hydroxylation is 1. The summed E-state index contributed by atoms with van der Waals surface area (Å²) in [5.41, 5.74) is 3.97. The van der Waals surface area contributed by atoms with Crippen LogP contribution < -0.4 is 5.32 Å². The van der Waals surface area contributed by atoms with Gasteiger partial charge >= 0.3 is 0 Å². The summed E-state index contributed by atoms with van der Waals surface area (Å²) in [6.07, 6.45) is 2.11. The van der Waals surface area contributed by atoms with Crippen LogP contribution in [0.25, 0.3) is 11.1 Å². The normalized spacial score (nSPS) is 19.7. The smallest absolute Gasteiger partial charge is 0.254 e. The van der Waals surface area contributed by atoms with Gasteiger partial charge < -0.3 is 15.1 Å². The Kier molecular flexibility index (Phi) is 5.44. The van der Waals surface area contributed by atoms with E-state index in [0.29, 0.717) is 25.2 Å². The minimum atomic E-state index is -0.415. The van der Waals surface area contributed by atoms with E-state index in [2.05, 4.69) is 24.4 Å². The lowest BCUT2D eigenvalue weighted by Gasteiger charge is -2.37. The number of hydrogen-bond donors (Lipinski definition) is 1. The van der Waals surface area contributed by atoms with Crippen LogP contribution in [0.2, 0.25) is 0 Å². The van der Waals surface area contributed by atoms with Crippen LogP contribution in [0.15, 0.2) is 48.5 Å². The fourth-order valence-electron chi connectivity index (χ4n) is 4.20. The van der Waals surface area contributed by atoms with Gasteiger partial charge in [0.05, 0.1) is 0 Å². The van der Waals surface area contributed by atoms with Crippen molar-refractivity contribution in [1.29, 1.82) is 0 Å². The van der Waals surface area contributed by atoms with Crippen molar-refractivity contribution in [2.75, 3.05) is 32.7 Å². The standard InChI is InChI=1S/C23H27N3O2/c1-17-7-2-3-10-20(17)18-8-6-9-19(15-18)22(27)26-14-11-24-16-21(26)23(28)25-12-4-5-13-25/h2-3,6-10,15,21,24H,4-5,11-14,16H2,1H3. The van der Waals surface area contributed by atoms with Gasteiger partial charge in [0.15, 0.2) is 0 Å². The zero-order valence-electron chi connectivity index (χ0n) is 16.4. The van der Waals surface area contributed by atoms with Gasteiger partial charge in [-0.3, -0.25) is 9.59 Å². The molecule has 1 N–H and O–H groups in total. The van der Waals surface area contributed by atoms with E-state index in [-0.39, 0.29) is 11.8 Å². The van der Waals surface area contributed by atoms with Gasteiger partial charge in [0.1, 0.15) is 6.04 Å². The number of carbonyl (C=O) groups excluding carboxylic acids is 2. The predicted molar refractivity (Wildman–Crippen MR) is 110 cm³/mol. The van der Waals surface area contributed by atoms with Crippen molar-refractivity contribution in [3.8, 4) is 11.1 Å². The summed E-state index contributed by atoms with van der Waals surface area (Å²) >= 11 is 0. The molecule has 0 spiro atoms. The van der Waals surface area contributed by atoms with Gasteiger partial charge in [0.25, 0.3) is 5.91 Å². The van der Waals surface area contributed by atoms with Crippen molar-refractivity contribution in [2.45, 2.75) is 25.8 Å². The molecule has 28 heavy (non-hydrogen) atoms. The second-order valence-corrected chi connectivity index (χ2v) is 7.65. The fraction of sp³-hybridized carbons (Fsp3) is 0.391. The minimum Gasteiger partial charge on any atom is -0.341 e. The zero-order valence-corrected chi connectivity index (χ0v) is 16.4. The van der Waals surface area contributed by atoms with E-state index in [0.717, 1.165) is 37.1 Å². The van der Waals surface area contributed by atoms with Crippen LogP contribution in [0.3, 0.4) is 0 Å². The molecule has 1 unspecified atom stereocenters. The Hall–Kier alpha value is -2.66. The number of nitrogens with zero attached hydrogens (tertiary/aromatic N) is 2. The van der Waals surface area contributed by atoms with Crippen LogP contribution >= 0.6 is 0 Å². The summed E-state index contributed by atoms with van der Waals surface area (Å²) in [6.45, 7) is 5.48. The van der Waals surface area contributed by atoms with Crippen molar-refractivity contribution in [1.82, 2.24) is 15.1 Å². The molecule has 2 aliphatic heterocycles. The summed E-state index contributed by atoms with van der Waals surface area (Å²) in [4.78, 5) is 30.0. The SMILES string of the molecule is Cc1ccccc1-c1cccc(C(=O)N2CCNCC2C(=O)N2CCCC2)c1. The molecular weight excluding hydrogens is 350 g/mol. The van der Waals surface area contributed by atoms with Crippen molar-refractivity contribution in [3.05, 3.63) is 59.7 Å². The monoisotopic (exact) mass is 377 g/mol. The van der Waals surface area contributed by atoms with Gasteiger partial charge in [-0.05, 0) is 48.6 Å². The van der Waals surface area contributed by atoms with Crippen LogP contribution in [0.4, 0.5) is 0 Å².